The predicted octanol–water partition coefficient (Wildman–Crippen LogP) is 1.07. The SMILES string of the molecule is Brc1ccc2c(c1)c1ccccc1n[n+]2OCc1ccccc1.[Cl-]. The van der Waals surface area contributed by atoms with Crippen molar-refractivity contribution in [3.63, 3.8) is 0 Å². The zero-order valence-corrected chi connectivity index (χ0v) is 15.0. The van der Waals surface area contributed by atoms with Gasteiger partial charge in [0.15, 0.2) is 6.61 Å². The minimum Gasteiger partial charge on any atom is -1.00 e. The molecule has 0 atom stereocenters. The highest BCUT2D eigenvalue weighted by Crippen LogP contribution is 2.24. The van der Waals surface area contributed by atoms with Crippen molar-refractivity contribution < 1.29 is 22.1 Å². The van der Waals surface area contributed by atoms with Crippen LogP contribution in [0.4, 0.5) is 0 Å². The summed E-state index contributed by atoms with van der Waals surface area (Å²) in [5, 5.41) is 6.85. The Morgan fingerprint density at radius 2 is 1.62 bits per heavy atom. The molecule has 0 amide bonds. The van der Waals surface area contributed by atoms with Crippen molar-refractivity contribution in [3.05, 3.63) is 82.8 Å². The summed E-state index contributed by atoms with van der Waals surface area (Å²) in [4.78, 5) is 7.57. The molecule has 0 aliphatic carbocycles. The molecule has 0 spiro atoms. The van der Waals surface area contributed by atoms with Gasteiger partial charge in [-0.05, 0) is 23.8 Å². The second-order valence-corrected chi connectivity index (χ2v) is 6.23. The Hall–Kier alpha value is -2.17. The van der Waals surface area contributed by atoms with Crippen molar-refractivity contribution in [1.82, 2.24) is 5.10 Å². The largest absolute Gasteiger partial charge is 1.00 e. The third kappa shape index (κ3) is 3.21. The van der Waals surface area contributed by atoms with Crippen LogP contribution in [0.5, 0.6) is 0 Å². The summed E-state index contributed by atoms with van der Waals surface area (Å²) >= 11 is 3.55. The maximum atomic E-state index is 5.94. The summed E-state index contributed by atoms with van der Waals surface area (Å²) < 4.78 is 1.04. The van der Waals surface area contributed by atoms with Gasteiger partial charge in [0.05, 0.1) is 10.5 Å². The zero-order valence-electron chi connectivity index (χ0n) is 12.7. The van der Waals surface area contributed by atoms with Gasteiger partial charge in [-0.2, -0.15) is 0 Å². The molecule has 3 aromatic carbocycles. The lowest BCUT2D eigenvalue weighted by atomic mass is 10.1. The molecule has 0 saturated carbocycles. The number of rotatable bonds is 3. The van der Waals surface area contributed by atoms with Crippen LogP contribution >= 0.6 is 15.9 Å². The lowest BCUT2D eigenvalue weighted by Crippen LogP contribution is -3.00. The molecule has 1 heterocycles. The molecular formula is C19H14BrClN2O. The van der Waals surface area contributed by atoms with Gasteiger partial charge < -0.3 is 12.4 Å². The molecule has 4 aromatic rings. The molecule has 0 aliphatic heterocycles. The molecule has 0 radical (unpaired) electrons. The quantitative estimate of drug-likeness (QED) is 0.379. The lowest BCUT2D eigenvalue weighted by molar-refractivity contribution is -0.918. The number of aromatic nitrogens is 2. The van der Waals surface area contributed by atoms with E-state index in [1.165, 1.54) is 0 Å². The average Bonchev–Trinajstić information content (AvgIpc) is 2.60. The van der Waals surface area contributed by atoms with Crippen LogP contribution in [0.3, 0.4) is 0 Å². The number of hydrogen-bond acceptors (Lipinski definition) is 2. The summed E-state index contributed by atoms with van der Waals surface area (Å²) in [6, 6.07) is 24.3. The second-order valence-electron chi connectivity index (χ2n) is 5.31. The van der Waals surface area contributed by atoms with Crippen molar-refractivity contribution in [3.8, 4) is 0 Å². The van der Waals surface area contributed by atoms with Crippen LogP contribution in [0.1, 0.15) is 5.56 Å². The number of hydrogen-bond donors (Lipinski definition) is 0. The van der Waals surface area contributed by atoms with E-state index in [1.807, 2.05) is 60.7 Å². The Bertz CT molecular complexity index is 992. The van der Waals surface area contributed by atoms with E-state index in [0.29, 0.717) is 6.61 Å². The monoisotopic (exact) mass is 400 g/mol. The zero-order chi connectivity index (χ0) is 15.6. The Morgan fingerprint density at radius 1 is 0.875 bits per heavy atom. The molecule has 120 valence electrons. The van der Waals surface area contributed by atoms with Gasteiger partial charge in [-0.1, -0.05) is 64.5 Å². The minimum atomic E-state index is 0. The van der Waals surface area contributed by atoms with Gasteiger partial charge in [0.25, 0.3) is 5.52 Å². The van der Waals surface area contributed by atoms with Crippen molar-refractivity contribution in [2.45, 2.75) is 6.61 Å². The van der Waals surface area contributed by atoms with Gasteiger partial charge in [0, 0.05) is 15.9 Å². The summed E-state index contributed by atoms with van der Waals surface area (Å²) in [6.45, 7) is 0.474. The molecule has 0 fully saturated rings. The maximum absolute atomic E-state index is 5.94. The Kier molecular flexibility index (Phi) is 4.97. The summed E-state index contributed by atoms with van der Waals surface area (Å²) in [5.41, 5.74) is 2.97. The first-order valence-corrected chi connectivity index (χ1v) is 8.18. The van der Waals surface area contributed by atoms with E-state index in [0.717, 1.165) is 31.8 Å². The molecular weight excluding hydrogens is 388 g/mol. The van der Waals surface area contributed by atoms with Crippen LogP contribution in [-0.2, 0) is 6.61 Å². The molecule has 0 bridgehead atoms. The average molecular weight is 402 g/mol. The van der Waals surface area contributed by atoms with Gasteiger partial charge >= 0.3 is 0 Å². The van der Waals surface area contributed by atoms with Crippen LogP contribution in [0, 0.1) is 0 Å². The van der Waals surface area contributed by atoms with E-state index >= 15 is 0 Å². The number of halogens is 2. The smallest absolute Gasteiger partial charge is 0.297 e. The molecule has 3 nitrogen and oxygen atoms in total. The van der Waals surface area contributed by atoms with Crippen LogP contribution in [0.15, 0.2) is 77.3 Å². The first kappa shape index (κ1) is 16.7. The van der Waals surface area contributed by atoms with Crippen molar-refractivity contribution >= 4 is 37.7 Å². The third-order valence-corrected chi connectivity index (χ3v) is 4.25. The molecule has 0 saturated heterocycles. The fourth-order valence-electron chi connectivity index (χ4n) is 2.64. The van der Waals surface area contributed by atoms with Crippen molar-refractivity contribution in [2.24, 2.45) is 0 Å². The minimum absolute atomic E-state index is 0. The Morgan fingerprint density at radius 3 is 2.46 bits per heavy atom. The van der Waals surface area contributed by atoms with E-state index in [9.17, 15) is 0 Å². The van der Waals surface area contributed by atoms with E-state index in [4.69, 9.17) is 4.84 Å². The van der Waals surface area contributed by atoms with Crippen molar-refractivity contribution in [1.29, 1.82) is 0 Å². The standard InChI is InChI=1S/C19H14BrN2O.ClH/c20-15-10-11-19-17(12-15)16-8-4-5-9-18(16)21-22(19)23-13-14-6-2-1-3-7-14;/h1-12H,13H2;1H/q+1;/p-1. The van der Waals surface area contributed by atoms with Crippen LogP contribution < -0.4 is 22.1 Å². The van der Waals surface area contributed by atoms with E-state index in [-0.39, 0.29) is 12.4 Å². The predicted molar refractivity (Wildman–Crippen MR) is 93.9 cm³/mol. The first-order valence-electron chi connectivity index (χ1n) is 7.39. The molecule has 0 aliphatic rings. The van der Waals surface area contributed by atoms with Gasteiger partial charge in [0.2, 0.25) is 0 Å². The van der Waals surface area contributed by atoms with Gasteiger partial charge in [-0.25, -0.2) is 4.84 Å². The Labute approximate surface area is 154 Å². The Balaban J connectivity index is 0.00000169. The van der Waals surface area contributed by atoms with E-state index in [2.05, 4.69) is 33.2 Å². The summed E-state index contributed by atoms with van der Waals surface area (Å²) in [5.74, 6) is 0. The highest BCUT2D eigenvalue weighted by Gasteiger charge is 2.17. The molecule has 0 N–H and O–H groups in total. The highest BCUT2D eigenvalue weighted by molar-refractivity contribution is 9.10. The lowest BCUT2D eigenvalue weighted by Gasteiger charge is -2.03. The molecule has 1 aromatic heterocycles. The van der Waals surface area contributed by atoms with Crippen molar-refractivity contribution in [2.75, 3.05) is 0 Å². The third-order valence-electron chi connectivity index (χ3n) is 3.75. The number of fused-ring (bicyclic) bond motifs is 3. The molecule has 0 unspecified atom stereocenters. The second kappa shape index (κ2) is 7.16. The van der Waals surface area contributed by atoms with Gasteiger partial charge in [-0.15, -0.1) is 0 Å². The molecule has 24 heavy (non-hydrogen) atoms. The summed E-state index contributed by atoms with van der Waals surface area (Å²) in [6.07, 6.45) is 0. The normalized spacial score (nSPS) is 10.5. The fraction of sp³-hybridized carbons (Fsp3) is 0.0526. The van der Waals surface area contributed by atoms with Crippen LogP contribution in [0.25, 0.3) is 21.8 Å². The topological polar surface area (TPSA) is 26.0 Å². The molecule has 5 heteroatoms. The number of benzene rings is 3. The highest BCUT2D eigenvalue weighted by atomic mass is 79.9. The number of nitrogens with zero attached hydrogens (tertiary/aromatic N) is 2. The van der Waals surface area contributed by atoms with E-state index in [1.54, 1.807) is 4.85 Å². The van der Waals surface area contributed by atoms with Crippen LogP contribution in [-0.4, -0.2) is 5.10 Å². The van der Waals surface area contributed by atoms with Crippen LogP contribution in [0.2, 0.25) is 0 Å². The van der Waals surface area contributed by atoms with Gasteiger partial charge in [0.1, 0.15) is 10.4 Å². The van der Waals surface area contributed by atoms with Gasteiger partial charge in [-0.3, -0.25) is 0 Å². The van der Waals surface area contributed by atoms with E-state index < -0.39 is 0 Å². The molecule has 4 rings (SSSR count). The first-order chi connectivity index (χ1) is 11.3. The maximum Gasteiger partial charge on any atom is 0.297 e. The fourth-order valence-corrected chi connectivity index (χ4v) is 3.00. The summed E-state index contributed by atoms with van der Waals surface area (Å²) in [7, 11) is 0.